The number of carboxylic acids is 1. The van der Waals surface area contributed by atoms with Crippen molar-refractivity contribution in [2.45, 2.75) is 0 Å². The van der Waals surface area contributed by atoms with E-state index in [1.54, 1.807) is 29.7 Å². The highest BCUT2D eigenvalue weighted by Crippen LogP contribution is 2.22. The molecule has 0 saturated heterocycles. The van der Waals surface area contributed by atoms with Crippen molar-refractivity contribution in [1.82, 2.24) is 5.43 Å². The lowest BCUT2D eigenvalue weighted by molar-refractivity contribution is -0.525. The van der Waals surface area contributed by atoms with Gasteiger partial charge in [-0.05, 0) is 24.3 Å². The van der Waals surface area contributed by atoms with Gasteiger partial charge in [0.15, 0.2) is 5.03 Å². The quantitative estimate of drug-likeness (QED) is 0.322. The molecule has 2 rings (SSSR count). The summed E-state index contributed by atoms with van der Waals surface area (Å²) >= 11 is 0. The number of hydrazine groups is 1. The van der Waals surface area contributed by atoms with Crippen molar-refractivity contribution in [1.29, 1.82) is 0 Å². The van der Waals surface area contributed by atoms with Crippen molar-refractivity contribution in [2.75, 3.05) is 0 Å². The zero-order valence-electron chi connectivity index (χ0n) is 11.5. The van der Waals surface area contributed by atoms with E-state index in [0.717, 1.165) is 0 Å². The van der Waals surface area contributed by atoms with Crippen LogP contribution in [0.25, 0.3) is 11.3 Å². The van der Waals surface area contributed by atoms with E-state index in [-0.39, 0.29) is 5.56 Å². The number of hydrogen-bond donors (Lipinski definition) is 3. The highest BCUT2D eigenvalue weighted by Gasteiger charge is 2.07. The van der Waals surface area contributed by atoms with E-state index in [1.807, 2.05) is 0 Å². The van der Waals surface area contributed by atoms with Crippen molar-refractivity contribution in [3.8, 4) is 11.3 Å². The third-order valence-electron chi connectivity index (χ3n) is 2.58. The first-order valence-corrected chi connectivity index (χ1v) is 6.17. The summed E-state index contributed by atoms with van der Waals surface area (Å²) in [5.74, 6) is -0.760. The summed E-state index contributed by atoms with van der Waals surface area (Å²) < 4.78 is 5.46. The molecule has 2 aromatic rings. The van der Waals surface area contributed by atoms with Crippen LogP contribution in [0.2, 0.25) is 0 Å². The van der Waals surface area contributed by atoms with Crippen molar-refractivity contribution in [3.05, 3.63) is 57.8 Å². The summed E-state index contributed by atoms with van der Waals surface area (Å²) in [6, 6.07) is 9.45. The van der Waals surface area contributed by atoms with Gasteiger partial charge in [0.1, 0.15) is 11.5 Å². The number of nitro groups is 1. The third kappa shape index (κ3) is 4.39. The van der Waals surface area contributed by atoms with Gasteiger partial charge in [-0.25, -0.2) is 14.9 Å². The van der Waals surface area contributed by atoms with Crippen LogP contribution in [0.5, 0.6) is 0 Å². The first kappa shape index (κ1) is 15.7. The monoisotopic (exact) mass is 317 g/mol. The molecule has 0 unspecified atom stereocenters. The van der Waals surface area contributed by atoms with Gasteiger partial charge < -0.3 is 15.3 Å². The van der Waals surface area contributed by atoms with Crippen molar-refractivity contribution in [2.24, 2.45) is 15.9 Å². The average Bonchev–Trinajstić information content (AvgIpc) is 2.95. The fourth-order valence-corrected chi connectivity index (χ4v) is 1.65. The van der Waals surface area contributed by atoms with Crippen LogP contribution in [0, 0.1) is 10.1 Å². The predicted molar refractivity (Wildman–Crippen MR) is 80.4 cm³/mol. The van der Waals surface area contributed by atoms with Crippen LogP contribution >= 0.6 is 0 Å². The normalized spacial score (nSPS) is 11.6. The Labute approximate surface area is 129 Å². The fourth-order valence-electron chi connectivity index (χ4n) is 1.65. The Bertz CT molecular complexity index is 796. The highest BCUT2D eigenvalue weighted by atomic mass is 16.7. The molecule has 10 heteroatoms. The second-order valence-corrected chi connectivity index (χ2v) is 4.19. The molecule has 1 aromatic heterocycles. The van der Waals surface area contributed by atoms with Crippen molar-refractivity contribution < 1.29 is 19.4 Å². The van der Waals surface area contributed by atoms with Gasteiger partial charge >= 0.3 is 5.97 Å². The number of furan rings is 1. The SMILES string of the molecule is N/C(=N/N=C/c1ccc(-c2cccc(C(=O)O)c2)o1)N[N+](=O)[O-]. The zero-order valence-corrected chi connectivity index (χ0v) is 11.5. The maximum Gasteiger partial charge on any atom is 0.335 e. The summed E-state index contributed by atoms with van der Waals surface area (Å²) in [5.41, 5.74) is 7.53. The van der Waals surface area contributed by atoms with Gasteiger partial charge in [0.25, 0.3) is 5.96 Å². The van der Waals surface area contributed by atoms with Gasteiger partial charge in [0.05, 0.1) is 11.8 Å². The molecule has 0 aliphatic heterocycles. The maximum absolute atomic E-state index is 10.9. The average molecular weight is 317 g/mol. The first-order chi connectivity index (χ1) is 11.0. The number of hydrogen-bond acceptors (Lipinski definition) is 6. The van der Waals surface area contributed by atoms with Gasteiger partial charge in [0, 0.05) is 5.56 Å². The summed E-state index contributed by atoms with van der Waals surface area (Å²) in [4.78, 5) is 21.0. The lowest BCUT2D eigenvalue weighted by Crippen LogP contribution is -2.35. The molecule has 1 heterocycles. The van der Waals surface area contributed by atoms with Gasteiger partial charge in [-0.15, -0.1) is 5.10 Å². The van der Waals surface area contributed by atoms with Crippen LogP contribution < -0.4 is 11.2 Å². The molecule has 0 radical (unpaired) electrons. The number of rotatable bonds is 5. The summed E-state index contributed by atoms with van der Waals surface area (Å²) in [7, 11) is 0. The molecule has 0 fully saturated rings. The topological polar surface area (TPSA) is 156 Å². The van der Waals surface area contributed by atoms with Crippen LogP contribution in [0.4, 0.5) is 0 Å². The van der Waals surface area contributed by atoms with E-state index in [0.29, 0.717) is 17.1 Å². The van der Waals surface area contributed by atoms with E-state index in [4.69, 9.17) is 15.3 Å². The van der Waals surface area contributed by atoms with Crippen molar-refractivity contribution >= 4 is 18.1 Å². The van der Waals surface area contributed by atoms with E-state index < -0.39 is 17.0 Å². The lowest BCUT2D eigenvalue weighted by Gasteiger charge is -1.98. The van der Waals surface area contributed by atoms with Gasteiger partial charge in [-0.2, -0.15) is 5.10 Å². The molecule has 0 atom stereocenters. The Morgan fingerprint density at radius 2 is 2.17 bits per heavy atom. The minimum Gasteiger partial charge on any atom is -0.478 e. The molecule has 4 N–H and O–H groups in total. The molecule has 23 heavy (non-hydrogen) atoms. The standard InChI is InChI=1S/C13H11N5O5/c14-13(17-18(21)22)16-15-7-10-4-5-11(23-10)8-2-1-3-9(6-8)12(19)20/h1-7H,(H,19,20)(H3,14,16,17)/b15-7+. The van der Waals surface area contributed by atoms with E-state index >= 15 is 0 Å². The van der Waals surface area contributed by atoms with Crippen LogP contribution in [-0.4, -0.2) is 28.3 Å². The van der Waals surface area contributed by atoms with Crippen LogP contribution in [0.1, 0.15) is 16.1 Å². The molecule has 0 saturated carbocycles. The van der Waals surface area contributed by atoms with Crippen molar-refractivity contribution in [3.63, 3.8) is 0 Å². The Kier molecular flexibility index (Phi) is 4.67. The Hall–Kier alpha value is -3.69. The molecule has 0 amide bonds. The maximum atomic E-state index is 10.9. The smallest absolute Gasteiger partial charge is 0.335 e. The molecule has 0 aliphatic carbocycles. The number of guanidine groups is 1. The lowest BCUT2D eigenvalue weighted by atomic mass is 10.1. The minimum absolute atomic E-state index is 0.136. The molecule has 1 aromatic carbocycles. The van der Waals surface area contributed by atoms with E-state index in [1.165, 1.54) is 18.3 Å². The van der Waals surface area contributed by atoms with E-state index in [2.05, 4.69) is 10.2 Å². The summed E-state index contributed by atoms with van der Waals surface area (Å²) in [6.45, 7) is 0. The van der Waals surface area contributed by atoms with Gasteiger partial charge in [-0.1, -0.05) is 17.6 Å². The third-order valence-corrected chi connectivity index (χ3v) is 2.58. The minimum atomic E-state index is -1.04. The number of nitrogens with zero attached hydrogens (tertiary/aromatic N) is 3. The number of benzene rings is 1. The number of nitrogens with two attached hydrogens (primary N) is 1. The van der Waals surface area contributed by atoms with Crippen LogP contribution in [-0.2, 0) is 0 Å². The fraction of sp³-hybridized carbons (Fsp3) is 0. The Morgan fingerprint density at radius 1 is 1.39 bits per heavy atom. The number of carboxylic acid groups (broad SMARTS) is 1. The molecular weight excluding hydrogens is 306 g/mol. The zero-order chi connectivity index (χ0) is 16.8. The molecule has 118 valence electrons. The number of carbonyl (C=O) groups is 1. The number of nitrogens with one attached hydrogen (secondary N) is 1. The molecule has 0 bridgehead atoms. The molecular formula is C13H11N5O5. The summed E-state index contributed by atoms with van der Waals surface area (Å²) in [5, 5.41) is 25.1. The first-order valence-electron chi connectivity index (χ1n) is 6.17. The van der Waals surface area contributed by atoms with Gasteiger partial charge in [-0.3, -0.25) is 0 Å². The summed E-state index contributed by atoms with van der Waals surface area (Å²) in [6.07, 6.45) is 1.21. The molecule has 0 aliphatic rings. The number of aromatic carboxylic acids is 1. The highest BCUT2D eigenvalue weighted by molar-refractivity contribution is 5.89. The second-order valence-electron chi connectivity index (χ2n) is 4.19. The largest absolute Gasteiger partial charge is 0.478 e. The molecule has 10 nitrogen and oxygen atoms in total. The predicted octanol–water partition coefficient (Wildman–Crippen LogP) is 1.07. The second kappa shape index (κ2) is 6.85. The van der Waals surface area contributed by atoms with Crippen LogP contribution in [0.3, 0.4) is 0 Å². The van der Waals surface area contributed by atoms with Gasteiger partial charge in [0.2, 0.25) is 0 Å². The molecule has 0 spiro atoms. The van der Waals surface area contributed by atoms with Crippen LogP contribution in [0.15, 0.2) is 51.0 Å². The Morgan fingerprint density at radius 3 is 2.87 bits per heavy atom. The Balaban J connectivity index is 2.13. The van der Waals surface area contributed by atoms with E-state index in [9.17, 15) is 14.9 Å².